The van der Waals surface area contributed by atoms with E-state index in [0.29, 0.717) is 0 Å². The van der Waals surface area contributed by atoms with Gasteiger partial charge in [-0.15, -0.1) is 0 Å². The number of nitrogens with one attached hydrogen (secondary N) is 4. The first-order chi connectivity index (χ1) is 9.79. The van der Waals surface area contributed by atoms with Gasteiger partial charge in [0.15, 0.2) is 0 Å². The minimum Gasteiger partial charge on any atom is -0.351 e. The summed E-state index contributed by atoms with van der Waals surface area (Å²) in [7, 11) is 0. The topological polar surface area (TPSA) is 116 Å². The van der Waals surface area contributed by atoms with Gasteiger partial charge in [0.05, 0.1) is 13.1 Å². The molecule has 0 aliphatic carbocycles. The Bertz CT molecular complexity index is 436. The number of hydrogen-bond acceptors (Lipinski definition) is 4. The molecule has 0 radical (unpaired) electrons. The van der Waals surface area contributed by atoms with E-state index in [0.717, 1.165) is 0 Å². The zero-order valence-electron chi connectivity index (χ0n) is 12.5. The van der Waals surface area contributed by atoms with Gasteiger partial charge in [-0.05, 0) is 12.8 Å². The lowest BCUT2D eigenvalue weighted by Crippen LogP contribution is -2.53. The Kier molecular flexibility index (Phi) is 6.13. The SMILES string of the molecule is CC(C)C1NC(=O)CNC(=O)CNC(=O)C[C@@H](C)NC1=O. The fraction of sp³-hybridized carbons (Fsp3) is 0.692. The summed E-state index contributed by atoms with van der Waals surface area (Å²) < 4.78 is 0. The Labute approximate surface area is 123 Å². The van der Waals surface area contributed by atoms with Gasteiger partial charge in [-0.3, -0.25) is 19.2 Å². The van der Waals surface area contributed by atoms with Crippen molar-refractivity contribution in [1.29, 1.82) is 0 Å². The molecule has 4 N–H and O–H groups in total. The lowest BCUT2D eigenvalue weighted by molar-refractivity contribution is -0.130. The Hall–Kier alpha value is -2.12. The largest absolute Gasteiger partial charge is 0.351 e. The van der Waals surface area contributed by atoms with E-state index in [1.165, 1.54) is 0 Å². The highest BCUT2D eigenvalue weighted by Gasteiger charge is 2.26. The molecule has 1 aliphatic heterocycles. The van der Waals surface area contributed by atoms with Gasteiger partial charge in [0.1, 0.15) is 6.04 Å². The molecule has 21 heavy (non-hydrogen) atoms. The third-order valence-corrected chi connectivity index (χ3v) is 3.04. The van der Waals surface area contributed by atoms with Crippen molar-refractivity contribution in [3.63, 3.8) is 0 Å². The lowest BCUT2D eigenvalue weighted by atomic mass is 10.0. The van der Waals surface area contributed by atoms with Crippen molar-refractivity contribution in [1.82, 2.24) is 21.3 Å². The summed E-state index contributed by atoms with van der Waals surface area (Å²) in [6.45, 7) is 4.87. The third kappa shape index (κ3) is 5.80. The second-order valence-electron chi connectivity index (χ2n) is 5.46. The number of rotatable bonds is 1. The van der Waals surface area contributed by atoms with Crippen LogP contribution in [0.25, 0.3) is 0 Å². The fourth-order valence-electron chi connectivity index (χ4n) is 1.91. The number of hydrogen-bond donors (Lipinski definition) is 4. The summed E-state index contributed by atoms with van der Waals surface area (Å²) in [5.41, 5.74) is 0. The van der Waals surface area contributed by atoms with Crippen LogP contribution in [0.1, 0.15) is 27.2 Å². The van der Waals surface area contributed by atoms with E-state index in [2.05, 4.69) is 21.3 Å². The molecule has 1 unspecified atom stereocenters. The highest BCUT2D eigenvalue weighted by Crippen LogP contribution is 2.03. The van der Waals surface area contributed by atoms with Crippen LogP contribution >= 0.6 is 0 Å². The second kappa shape index (κ2) is 7.61. The molecule has 1 aliphatic rings. The van der Waals surface area contributed by atoms with Crippen molar-refractivity contribution in [2.45, 2.75) is 39.3 Å². The van der Waals surface area contributed by atoms with E-state index in [9.17, 15) is 19.2 Å². The maximum Gasteiger partial charge on any atom is 0.243 e. The van der Waals surface area contributed by atoms with Crippen molar-refractivity contribution < 1.29 is 19.2 Å². The number of carbonyl (C=O) groups is 4. The van der Waals surface area contributed by atoms with Crippen molar-refractivity contribution in [3.05, 3.63) is 0 Å². The van der Waals surface area contributed by atoms with Crippen LogP contribution < -0.4 is 21.3 Å². The molecular weight excluding hydrogens is 276 g/mol. The van der Waals surface area contributed by atoms with Crippen LogP contribution in [0.5, 0.6) is 0 Å². The molecule has 0 aromatic carbocycles. The van der Waals surface area contributed by atoms with E-state index < -0.39 is 17.9 Å². The van der Waals surface area contributed by atoms with Gasteiger partial charge in [-0.2, -0.15) is 0 Å². The fourth-order valence-corrected chi connectivity index (χ4v) is 1.91. The predicted molar refractivity (Wildman–Crippen MR) is 75.0 cm³/mol. The Morgan fingerprint density at radius 2 is 1.48 bits per heavy atom. The predicted octanol–water partition coefficient (Wildman–Crippen LogP) is -1.73. The molecule has 1 fully saturated rings. The molecule has 118 valence electrons. The highest BCUT2D eigenvalue weighted by atomic mass is 16.2. The average molecular weight is 298 g/mol. The van der Waals surface area contributed by atoms with Crippen LogP contribution in [0, 0.1) is 5.92 Å². The van der Waals surface area contributed by atoms with Crippen LogP contribution in [0.2, 0.25) is 0 Å². The maximum absolute atomic E-state index is 12.1. The zero-order valence-corrected chi connectivity index (χ0v) is 12.5. The molecule has 4 amide bonds. The van der Waals surface area contributed by atoms with Crippen molar-refractivity contribution >= 4 is 23.6 Å². The molecule has 1 saturated heterocycles. The van der Waals surface area contributed by atoms with Gasteiger partial charge in [0, 0.05) is 12.5 Å². The quantitative estimate of drug-likeness (QED) is 0.460. The smallest absolute Gasteiger partial charge is 0.243 e. The van der Waals surface area contributed by atoms with Crippen LogP contribution in [0.3, 0.4) is 0 Å². The first kappa shape index (κ1) is 16.9. The van der Waals surface area contributed by atoms with Crippen LogP contribution in [-0.4, -0.2) is 48.8 Å². The summed E-state index contributed by atoms with van der Waals surface area (Å²) in [5, 5.41) is 10.1. The summed E-state index contributed by atoms with van der Waals surface area (Å²) in [6.07, 6.45) is 0.0672. The molecule has 0 aromatic heterocycles. The summed E-state index contributed by atoms with van der Waals surface area (Å²) in [6, 6.07) is -1.10. The van der Waals surface area contributed by atoms with E-state index in [-0.39, 0.29) is 43.3 Å². The van der Waals surface area contributed by atoms with Gasteiger partial charge >= 0.3 is 0 Å². The van der Waals surface area contributed by atoms with Gasteiger partial charge < -0.3 is 21.3 Å². The number of amides is 4. The molecular formula is C13H22N4O4. The van der Waals surface area contributed by atoms with E-state index in [1.54, 1.807) is 20.8 Å². The minimum absolute atomic E-state index is 0.0672. The van der Waals surface area contributed by atoms with Crippen molar-refractivity contribution in [2.24, 2.45) is 5.92 Å². The van der Waals surface area contributed by atoms with E-state index >= 15 is 0 Å². The molecule has 2 atom stereocenters. The Balaban J connectivity index is 2.84. The summed E-state index contributed by atoms with van der Waals surface area (Å²) >= 11 is 0. The van der Waals surface area contributed by atoms with Crippen LogP contribution in [0.4, 0.5) is 0 Å². The van der Waals surface area contributed by atoms with Gasteiger partial charge in [0.2, 0.25) is 23.6 Å². The maximum atomic E-state index is 12.1. The molecule has 8 nitrogen and oxygen atoms in total. The lowest BCUT2D eigenvalue weighted by Gasteiger charge is -2.23. The van der Waals surface area contributed by atoms with Gasteiger partial charge in [0.25, 0.3) is 0 Å². The van der Waals surface area contributed by atoms with E-state index in [1.807, 2.05) is 0 Å². The van der Waals surface area contributed by atoms with Gasteiger partial charge in [-0.25, -0.2) is 0 Å². The van der Waals surface area contributed by atoms with Gasteiger partial charge in [-0.1, -0.05) is 13.8 Å². The average Bonchev–Trinajstić information content (AvgIpc) is 2.39. The molecule has 1 rings (SSSR count). The van der Waals surface area contributed by atoms with Crippen LogP contribution in [-0.2, 0) is 19.2 Å². The molecule has 0 spiro atoms. The third-order valence-electron chi connectivity index (χ3n) is 3.04. The summed E-state index contributed by atoms with van der Waals surface area (Å²) in [4.78, 5) is 46.9. The first-order valence-corrected chi connectivity index (χ1v) is 6.92. The zero-order chi connectivity index (χ0) is 16.0. The Morgan fingerprint density at radius 1 is 0.905 bits per heavy atom. The van der Waals surface area contributed by atoms with Crippen molar-refractivity contribution in [3.8, 4) is 0 Å². The molecule has 0 aromatic rings. The molecule has 0 saturated carbocycles. The van der Waals surface area contributed by atoms with Crippen molar-refractivity contribution in [2.75, 3.05) is 13.1 Å². The standard InChI is InChI=1S/C13H22N4O4/c1-7(2)12-13(21)16-8(3)4-9(18)14-5-10(19)15-6-11(20)17-12/h7-8,12H,4-6H2,1-3H3,(H,14,18)(H,15,19)(H,16,21)(H,17,20)/t8-,12?/m1/s1. The second-order valence-corrected chi connectivity index (χ2v) is 5.46. The Morgan fingerprint density at radius 3 is 2.10 bits per heavy atom. The number of carbonyl (C=O) groups excluding carboxylic acids is 4. The minimum atomic E-state index is -0.708. The molecule has 0 bridgehead atoms. The molecule has 8 heteroatoms. The summed E-state index contributed by atoms with van der Waals surface area (Å²) in [5.74, 6) is -1.70. The van der Waals surface area contributed by atoms with Crippen LogP contribution in [0.15, 0.2) is 0 Å². The van der Waals surface area contributed by atoms with E-state index in [4.69, 9.17) is 0 Å². The monoisotopic (exact) mass is 298 g/mol. The normalized spacial score (nSPS) is 25.7. The first-order valence-electron chi connectivity index (χ1n) is 6.92. The molecule has 1 heterocycles. The highest BCUT2D eigenvalue weighted by molar-refractivity contribution is 5.92.